The van der Waals surface area contributed by atoms with Crippen molar-refractivity contribution < 1.29 is 14.3 Å². The molecule has 0 saturated heterocycles. The first-order valence-corrected chi connectivity index (χ1v) is 10.5. The van der Waals surface area contributed by atoms with Crippen LogP contribution in [0, 0.1) is 5.92 Å². The molecular weight excluding hydrogens is 340 g/mol. The number of amides is 2. The fourth-order valence-electron chi connectivity index (χ4n) is 4.06. The van der Waals surface area contributed by atoms with Crippen molar-refractivity contribution in [3.63, 3.8) is 0 Å². The van der Waals surface area contributed by atoms with Crippen molar-refractivity contribution in [3.8, 4) is 5.75 Å². The van der Waals surface area contributed by atoms with E-state index in [9.17, 15) is 9.59 Å². The van der Waals surface area contributed by atoms with Gasteiger partial charge >= 0.3 is 0 Å². The second-order valence-corrected chi connectivity index (χ2v) is 7.82. The van der Waals surface area contributed by atoms with Crippen molar-refractivity contribution in [2.24, 2.45) is 5.92 Å². The second-order valence-electron chi connectivity index (χ2n) is 7.82. The van der Waals surface area contributed by atoms with E-state index in [1.54, 1.807) is 0 Å². The zero-order chi connectivity index (χ0) is 18.9. The summed E-state index contributed by atoms with van der Waals surface area (Å²) in [6.07, 6.45) is 11.8. The number of hydrogen-bond donors (Lipinski definition) is 2. The lowest BCUT2D eigenvalue weighted by Crippen LogP contribution is -2.25. The predicted octanol–water partition coefficient (Wildman–Crippen LogP) is 4.21. The summed E-state index contributed by atoms with van der Waals surface area (Å²) in [6.45, 7) is 1.33. The Kier molecular flexibility index (Phi) is 7.55. The van der Waals surface area contributed by atoms with Crippen LogP contribution in [0.4, 0.5) is 5.69 Å². The molecule has 2 amide bonds. The average Bonchev–Trinajstić information content (AvgIpc) is 2.69. The Morgan fingerprint density at radius 2 is 2.00 bits per heavy atom. The van der Waals surface area contributed by atoms with E-state index in [0.717, 1.165) is 42.3 Å². The molecule has 1 aliphatic heterocycles. The summed E-state index contributed by atoms with van der Waals surface area (Å²) in [4.78, 5) is 23.3. The average molecular weight is 373 g/mol. The number of anilines is 1. The van der Waals surface area contributed by atoms with E-state index in [-0.39, 0.29) is 11.8 Å². The molecular formula is C22H32N2O3. The van der Waals surface area contributed by atoms with Crippen LogP contribution in [0.2, 0.25) is 0 Å². The number of ether oxygens (including phenoxy) is 1. The molecule has 0 aromatic heterocycles. The van der Waals surface area contributed by atoms with Crippen LogP contribution in [-0.2, 0) is 16.0 Å². The Morgan fingerprint density at radius 3 is 2.85 bits per heavy atom. The maximum atomic E-state index is 11.9. The summed E-state index contributed by atoms with van der Waals surface area (Å²) in [7, 11) is 0. The molecule has 2 N–H and O–H groups in total. The number of rotatable bonds is 9. The minimum absolute atomic E-state index is 0.0703. The van der Waals surface area contributed by atoms with Crippen LogP contribution < -0.4 is 15.4 Å². The minimum atomic E-state index is 0.0703. The van der Waals surface area contributed by atoms with Crippen molar-refractivity contribution in [2.45, 2.75) is 70.6 Å². The van der Waals surface area contributed by atoms with Gasteiger partial charge in [-0.2, -0.15) is 0 Å². The van der Waals surface area contributed by atoms with Gasteiger partial charge in [-0.15, -0.1) is 0 Å². The van der Waals surface area contributed by atoms with Crippen molar-refractivity contribution in [1.29, 1.82) is 0 Å². The molecule has 1 fully saturated rings. The first kappa shape index (κ1) is 19.7. The van der Waals surface area contributed by atoms with Crippen molar-refractivity contribution in [2.75, 3.05) is 18.5 Å². The monoisotopic (exact) mass is 372 g/mol. The maximum absolute atomic E-state index is 11.9. The Morgan fingerprint density at radius 1 is 1.15 bits per heavy atom. The molecule has 1 aromatic rings. The number of carbonyl (C=O) groups excluding carboxylic acids is 2. The van der Waals surface area contributed by atoms with Gasteiger partial charge < -0.3 is 15.4 Å². The van der Waals surface area contributed by atoms with Crippen molar-refractivity contribution >= 4 is 17.5 Å². The van der Waals surface area contributed by atoms with Crippen LogP contribution in [0.25, 0.3) is 0 Å². The van der Waals surface area contributed by atoms with Crippen molar-refractivity contribution in [1.82, 2.24) is 5.32 Å². The highest BCUT2D eigenvalue weighted by Crippen LogP contribution is 2.27. The highest BCUT2D eigenvalue weighted by atomic mass is 16.5. The molecule has 0 bridgehead atoms. The van der Waals surface area contributed by atoms with E-state index in [0.29, 0.717) is 25.9 Å². The third-order valence-corrected chi connectivity index (χ3v) is 5.63. The predicted molar refractivity (Wildman–Crippen MR) is 107 cm³/mol. The zero-order valence-corrected chi connectivity index (χ0v) is 16.2. The highest BCUT2D eigenvalue weighted by molar-refractivity contribution is 5.94. The second kappa shape index (κ2) is 10.3. The Bertz CT molecular complexity index is 638. The van der Waals surface area contributed by atoms with E-state index in [4.69, 9.17) is 4.74 Å². The largest absolute Gasteiger partial charge is 0.494 e. The number of carbonyl (C=O) groups is 2. The van der Waals surface area contributed by atoms with E-state index >= 15 is 0 Å². The van der Waals surface area contributed by atoms with Crippen LogP contribution in [0.1, 0.15) is 69.8 Å². The molecule has 1 saturated carbocycles. The number of aryl methyl sites for hydroxylation is 1. The van der Waals surface area contributed by atoms with Gasteiger partial charge in [-0.1, -0.05) is 32.1 Å². The molecule has 1 aliphatic carbocycles. The normalized spacial score (nSPS) is 17.1. The summed E-state index contributed by atoms with van der Waals surface area (Å²) in [5, 5.41) is 5.90. The van der Waals surface area contributed by atoms with Gasteiger partial charge in [0.2, 0.25) is 11.8 Å². The minimum Gasteiger partial charge on any atom is -0.494 e. The molecule has 27 heavy (non-hydrogen) atoms. The third kappa shape index (κ3) is 6.56. The highest BCUT2D eigenvalue weighted by Gasteiger charge is 2.15. The summed E-state index contributed by atoms with van der Waals surface area (Å²) < 4.78 is 5.76. The fraction of sp³-hybridized carbons (Fsp3) is 0.636. The first-order valence-electron chi connectivity index (χ1n) is 10.5. The van der Waals surface area contributed by atoms with E-state index in [2.05, 4.69) is 10.6 Å². The molecule has 0 spiro atoms. The molecule has 5 heteroatoms. The van der Waals surface area contributed by atoms with Gasteiger partial charge in [-0.25, -0.2) is 0 Å². The molecule has 1 heterocycles. The Labute approximate surface area is 162 Å². The van der Waals surface area contributed by atoms with Gasteiger partial charge in [0.1, 0.15) is 5.75 Å². The fourth-order valence-corrected chi connectivity index (χ4v) is 4.06. The molecule has 0 unspecified atom stereocenters. The number of fused-ring (bicyclic) bond motifs is 1. The van der Waals surface area contributed by atoms with Crippen LogP contribution in [0.3, 0.4) is 0 Å². The SMILES string of the molecule is O=C(CCCOc1ccc2c(c1)CCC(=O)N2)NCCCC1CCCCC1. The Hall–Kier alpha value is -2.04. The number of hydrogen-bond acceptors (Lipinski definition) is 3. The standard InChI is InChI=1S/C22H32N2O3/c25-21(23-14-4-8-17-6-2-1-3-7-17)9-5-15-27-19-11-12-20-18(16-19)10-13-22(26)24-20/h11-12,16-17H,1-10,13-15H2,(H,23,25)(H,24,26). The summed E-state index contributed by atoms with van der Waals surface area (Å²) in [5.74, 6) is 1.88. The molecule has 148 valence electrons. The lowest BCUT2D eigenvalue weighted by Gasteiger charge is -2.21. The van der Waals surface area contributed by atoms with E-state index < -0.39 is 0 Å². The zero-order valence-electron chi connectivity index (χ0n) is 16.2. The van der Waals surface area contributed by atoms with E-state index in [1.165, 1.54) is 38.5 Å². The van der Waals surface area contributed by atoms with Gasteiger partial charge in [0.25, 0.3) is 0 Å². The lowest BCUT2D eigenvalue weighted by atomic mass is 9.86. The number of nitrogens with one attached hydrogen (secondary N) is 2. The smallest absolute Gasteiger partial charge is 0.224 e. The van der Waals surface area contributed by atoms with Crippen LogP contribution >= 0.6 is 0 Å². The van der Waals surface area contributed by atoms with Crippen LogP contribution in [0.5, 0.6) is 5.75 Å². The van der Waals surface area contributed by atoms with Crippen molar-refractivity contribution in [3.05, 3.63) is 23.8 Å². The lowest BCUT2D eigenvalue weighted by molar-refractivity contribution is -0.121. The topological polar surface area (TPSA) is 67.4 Å². The Balaban J connectivity index is 1.25. The summed E-state index contributed by atoms with van der Waals surface area (Å²) in [6, 6.07) is 5.75. The van der Waals surface area contributed by atoms with Gasteiger partial charge in [0.05, 0.1) is 6.61 Å². The maximum Gasteiger partial charge on any atom is 0.224 e. The first-order chi connectivity index (χ1) is 13.2. The summed E-state index contributed by atoms with van der Waals surface area (Å²) >= 11 is 0. The quantitative estimate of drug-likeness (QED) is 0.638. The molecule has 3 rings (SSSR count). The number of benzene rings is 1. The van der Waals surface area contributed by atoms with Gasteiger partial charge in [0, 0.05) is 25.1 Å². The van der Waals surface area contributed by atoms with Gasteiger partial charge in [-0.05, 0) is 55.4 Å². The van der Waals surface area contributed by atoms with Gasteiger partial charge in [-0.3, -0.25) is 9.59 Å². The summed E-state index contributed by atoms with van der Waals surface area (Å²) in [5.41, 5.74) is 1.99. The van der Waals surface area contributed by atoms with E-state index in [1.807, 2.05) is 18.2 Å². The van der Waals surface area contributed by atoms with Crippen LogP contribution in [-0.4, -0.2) is 25.0 Å². The molecule has 0 atom stereocenters. The molecule has 5 nitrogen and oxygen atoms in total. The molecule has 2 aliphatic rings. The molecule has 1 aromatic carbocycles. The third-order valence-electron chi connectivity index (χ3n) is 5.63. The molecule has 0 radical (unpaired) electrons. The van der Waals surface area contributed by atoms with Crippen LogP contribution in [0.15, 0.2) is 18.2 Å². The van der Waals surface area contributed by atoms with Gasteiger partial charge in [0.15, 0.2) is 0 Å².